The molecule has 0 bridgehead atoms. The standard InChI is InChI=1S/C6H9O5P/c1-4-5(7)10-6(2,3)11-12(8)9/h4H,1H2,2-3H3/p+1. The first-order valence-corrected chi connectivity index (χ1v) is 4.21. The maximum absolute atomic E-state index is 10.6. The predicted molar refractivity (Wildman–Crippen MR) is 41.3 cm³/mol. The normalized spacial score (nSPS) is 12.1. The largest absolute Gasteiger partial charge is 0.698 e. The average molecular weight is 193 g/mol. The molecule has 0 aromatic heterocycles. The molecule has 12 heavy (non-hydrogen) atoms. The highest BCUT2D eigenvalue weighted by Gasteiger charge is 2.34. The van der Waals surface area contributed by atoms with Gasteiger partial charge in [0.25, 0.3) is 5.79 Å². The average Bonchev–Trinajstić information content (AvgIpc) is 1.83. The van der Waals surface area contributed by atoms with Crippen LogP contribution in [0.25, 0.3) is 0 Å². The van der Waals surface area contributed by atoms with Gasteiger partial charge in [-0.05, 0) is 0 Å². The molecule has 0 aliphatic heterocycles. The fraction of sp³-hybridized carbons (Fsp3) is 0.500. The molecule has 0 aromatic carbocycles. The van der Waals surface area contributed by atoms with Crippen LogP contribution in [0.3, 0.4) is 0 Å². The van der Waals surface area contributed by atoms with Crippen LogP contribution in [0.4, 0.5) is 0 Å². The zero-order valence-corrected chi connectivity index (χ0v) is 7.71. The third-order valence-electron chi connectivity index (χ3n) is 0.811. The molecule has 0 saturated carbocycles. The van der Waals surface area contributed by atoms with Crippen molar-refractivity contribution in [2.24, 2.45) is 0 Å². The Morgan fingerprint density at radius 2 is 2.17 bits per heavy atom. The van der Waals surface area contributed by atoms with Gasteiger partial charge in [0, 0.05) is 24.5 Å². The van der Waals surface area contributed by atoms with E-state index in [0.29, 0.717) is 0 Å². The molecule has 0 saturated heterocycles. The van der Waals surface area contributed by atoms with Gasteiger partial charge in [-0.3, -0.25) is 0 Å². The van der Waals surface area contributed by atoms with E-state index >= 15 is 0 Å². The van der Waals surface area contributed by atoms with Gasteiger partial charge in [-0.2, -0.15) is 0 Å². The van der Waals surface area contributed by atoms with Crippen LogP contribution in [0.2, 0.25) is 0 Å². The minimum atomic E-state index is -2.79. The van der Waals surface area contributed by atoms with Crippen molar-refractivity contribution < 1.29 is 23.5 Å². The topological polar surface area (TPSA) is 72.8 Å². The van der Waals surface area contributed by atoms with Crippen LogP contribution in [0.1, 0.15) is 13.8 Å². The number of esters is 1. The highest BCUT2D eigenvalue weighted by molar-refractivity contribution is 7.32. The lowest BCUT2D eigenvalue weighted by Gasteiger charge is -2.15. The molecule has 0 aliphatic rings. The van der Waals surface area contributed by atoms with Crippen molar-refractivity contribution in [2.45, 2.75) is 19.6 Å². The van der Waals surface area contributed by atoms with Gasteiger partial charge in [-0.15, -0.1) is 4.89 Å². The first-order chi connectivity index (χ1) is 5.37. The summed E-state index contributed by atoms with van der Waals surface area (Å²) in [5.74, 6) is -2.12. The van der Waals surface area contributed by atoms with E-state index in [-0.39, 0.29) is 0 Å². The van der Waals surface area contributed by atoms with Crippen LogP contribution in [-0.4, -0.2) is 16.6 Å². The third-order valence-corrected chi connectivity index (χ3v) is 1.41. The molecule has 0 amide bonds. The highest BCUT2D eigenvalue weighted by atomic mass is 31.1. The second kappa shape index (κ2) is 4.30. The lowest BCUT2D eigenvalue weighted by atomic mass is 10.4. The van der Waals surface area contributed by atoms with E-state index in [9.17, 15) is 9.36 Å². The van der Waals surface area contributed by atoms with Crippen LogP contribution in [-0.2, 0) is 18.6 Å². The molecular weight excluding hydrogens is 183 g/mol. The van der Waals surface area contributed by atoms with Crippen LogP contribution in [0.5, 0.6) is 0 Å². The van der Waals surface area contributed by atoms with Crippen molar-refractivity contribution in [3.05, 3.63) is 12.7 Å². The van der Waals surface area contributed by atoms with Crippen molar-refractivity contribution in [1.29, 1.82) is 0 Å². The van der Waals surface area contributed by atoms with E-state index in [2.05, 4.69) is 15.8 Å². The predicted octanol–water partition coefficient (Wildman–Crippen LogP) is 1.12. The van der Waals surface area contributed by atoms with Crippen LogP contribution in [0.15, 0.2) is 12.7 Å². The minimum Gasteiger partial charge on any atom is -0.426 e. The van der Waals surface area contributed by atoms with Gasteiger partial charge in [0.2, 0.25) is 0 Å². The van der Waals surface area contributed by atoms with E-state index in [4.69, 9.17) is 4.89 Å². The summed E-state index contributed by atoms with van der Waals surface area (Å²) in [5.41, 5.74) is 0. The summed E-state index contributed by atoms with van der Waals surface area (Å²) in [5, 5.41) is 0. The van der Waals surface area contributed by atoms with Gasteiger partial charge in [0.1, 0.15) is 0 Å². The van der Waals surface area contributed by atoms with Crippen molar-refractivity contribution in [3.63, 3.8) is 0 Å². The molecule has 0 aromatic rings. The molecule has 0 heterocycles. The molecule has 0 spiro atoms. The molecule has 0 fully saturated rings. The molecule has 5 nitrogen and oxygen atoms in total. The summed E-state index contributed by atoms with van der Waals surface area (Å²) in [6, 6.07) is 0. The van der Waals surface area contributed by atoms with E-state index in [0.717, 1.165) is 6.08 Å². The Kier molecular flexibility index (Phi) is 4.03. The molecule has 68 valence electrons. The molecular formula is C6H10O5P+. The van der Waals surface area contributed by atoms with E-state index in [1.807, 2.05) is 0 Å². The van der Waals surface area contributed by atoms with Crippen molar-refractivity contribution >= 4 is 14.2 Å². The molecule has 6 heteroatoms. The van der Waals surface area contributed by atoms with Gasteiger partial charge in [0.15, 0.2) is 0 Å². The molecule has 0 aliphatic carbocycles. The highest BCUT2D eigenvalue weighted by Crippen LogP contribution is 2.26. The van der Waals surface area contributed by atoms with Crippen LogP contribution >= 0.6 is 8.25 Å². The van der Waals surface area contributed by atoms with E-state index in [1.54, 1.807) is 0 Å². The Hall–Kier alpha value is -0.770. The fourth-order valence-corrected chi connectivity index (χ4v) is 0.904. The summed E-state index contributed by atoms with van der Waals surface area (Å²) in [4.78, 5) is 19.0. The monoisotopic (exact) mass is 193 g/mol. The summed E-state index contributed by atoms with van der Waals surface area (Å²) >= 11 is 0. The van der Waals surface area contributed by atoms with Gasteiger partial charge in [0.05, 0.1) is 0 Å². The van der Waals surface area contributed by atoms with E-state index < -0.39 is 20.0 Å². The number of ether oxygens (including phenoxy) is 1. The summed E-state index contributed by atoms with van der Waals surface area (Å²) in [6.07, 6.45) is 0.940. The quantitative estimate of drug-likeness (QED) is 0.313. The first kappa shape index (κ1) is 11.2. The minimum absolute atomic E-state index is 0.711. The molecule has 1 atom stereocenters. The van der Waals surface area contributed by atoms with Crippen LogP contribution < -0.4 is 0 Å². The Morgan fingerprint density at radius 1 is 1.67 bits per heavy atom. The van der Waals surface area contributed by atoms with Gasteiger partial charge >= 0.3 is 14.2 Å². The number of hydrogen-bond donors (Lipinski definition) is 1. The molecule has 1 N–H and O–H groups in total. The number of hydrogen-bond acceptors (Lipinski definition) is 4. The summed E-state index contributed by atoms with van der Waals surface area (Å²) in [6.45, 7) is 5.85. The molecule has 0 rings (SSSR count). The lowest BCUT2D eigenvalue weighted by molar-refractivity contribution is -0.180. The van der Waals surface area contributed by atoms with Crippen LogP contribution in [0, 0.1) is 0 Å². The second-order valence-corrected chi connectivity index (χ2v) is 3.01. The Bertz CT molecular complexity index is 210. The summed E-state index contributed by atoms with van der Waals surface area (Å²) in [7, 11) is -2.79. The van der Waals surface area contributed by atoms with Gasteiger partial charge in [-0.25, -0.2) is 4.79 Å². The maximum Gasteiger partial charge on any atom is 0.698 e. The van der Waals surface area contributed by atoms with Crippen molar-refractivity contribution in [1.82, 2.24) is 0 Å². The Labute approximate surface area is 70.9 Å². The number of carbonyl (C=O) groups is 1. The second-order valence-electron chi connectivity index (χ2n) is 2.35. The fourth-order valence-electron chi connectivity index (χ4n) is 0.491. The van der Waals surface area contributed by atoms with Crippen molar-refractivity contribution in [3.8, 4) is 0 Å². The summed E-state index contributed by atoms with van der Waals surface area (Å²) < 4.78 is 19.2. The van der Waals surface area contributed by atoms with Crippen molar-refractivity contribution in [2.75, 3.05) is 0 Å². The Morgan fingerprint density at radius 3 is 2.50 bits per heavy atom. The number of carbonyl (C=O) groups excluding carboxylic acids is 1. The third kappa shape index (κ3) is 4.96. The molecule has 1 unspecified atom stereocenters. The van der Waals surface area contributed by atoms with Gasteiger partial charge in [-0.1, -0.05) is 11.1 Å². The van der Waals surface area contributed by atoms with E-state index in [1.165, 1.54) is 13.8 Å². The molecule has 0 radical (unpaired) electrons. The number of rotatable bonds is 4. The SMILES string of the molecule is C=CC(=O)OC(C)(C)O[P+](=O)O. The maximum atomic E-state index is 10.6. The van der Waals surface area contributed by atoms with Gasteiger partial charge < -0.3 is 4.74 Å². The Balaban J connectivity index is 4.11. The zero-order valence-electron chi connectivity index (χ0n) is 6.81. The smallest absolute Gasteiger partial charge is 0.426 e. The zero-order chi connectivity index (χ0) is 9.78. The lowest BCUT2D eigenvalue weighted by Crippen LogP contribution is -2.28. The first-order valence-electron chi connectivity index (χ1n) is 3.08.